The molecule has 1 aliphatic heterocycles. The summed E-state index contributed by atoms with van der Waals surface area (Å²) in [5.74, 6) is -1.06. The molecule has 0 aliphatic carbocycles. The molecule has 1 aliphatic rings. The Morgan fingerprint density at radius 2 is 1.81 bits per heavy atom. The number of ether oxygens (including phenoxy) is 2. The smallest absolute Gasteiger partial charge is 0.246 e. The van der Waals surface area contributed by atoms with Crippen LogP contribution in [-0.2, 0) is 29.8 Å². The fourth-order valence-electron chi connectivity index (χ4n) is 5.09. The second-order valence-electron chi connectivity index (χ2n) is 10.7. The van der Waals surface area contributed by atoms with Crippen LogP contribution in [0.2, 0.25) is 0 Å². The zero-order chi connectivity index (χ0) is 32.0. The van der Waals surface area contributed by atoms with Crippen molar-refractivity contribution in [1.82, 2.24) is 31.1 Å². The minimum atomic E-state index is -2.74. The van der Waals surface area contributed by atoms with Gasteiger partial charge in [-0.25, -0.2) is 8.42 Å². The predicted molar refractivity (Wildman–Crippen MR) is 167 cm³/mol. The fourth-order valence-corrected chi connectivity index (χ4v) is 5.47. The lowest BCUT2D eigenvalue weighted by Gasteiger charge is -2.40. The van der Waals surface area contributed by atoms with E-state index in [4.69, 9.17) is 9.47 Å². The monoisotopic (exact) mass is 614 g/mol. The van der Waals surface area contributed by atoms with Gasteiger partial charge in [0, 0.05) is 46.6 Å². The number of rotatable bonds is 20. The van der Waals surface area contributed by atoms with Gasteiger partial charge in [0.15, 0.2) is 0 Å². The van der Waals surface area contributed by atoms with Crippen LogP contribution in [-0.4, -0.2) is 108 Å². The third kappa shape index (κ3) is 10.6. The summed E-state index contributed by atoms with van der Waals surface area (Å²) < 4.78 is 34.8. The van der Waals surface area contributed by atoms with Crippen LogP contribution in [0.1, 0.15) is 47.5 Å². The standard InChI is InChI=1S/C29H54N6O6S/c1-11-23(31-13-3)26(24(12-2)32-20(6)21(7)40-9)35(16-17-42(38)39)29(41-10)33-27(36)25(19(4)5)34(8)28(37)22-14-15-30-18-22/h11,19,21-22,24-25,29-32,42H,1,6,12-18H2,2-5,7-10H3,(H,33,36)/b26-23+/t21-,22-,24?,25-,29?/m0/s1. The molecule has 0 saturated carbocycles. The molecule has 1 fully saturated rings. The maximum Gasteiger partial charge on any atom is 0.246 e. The van der Waals surface area contributed by atoms with Gasteiger partial charge in [-0.2, -0.15) is 0 Å². The van der Waals surface area contributed by atoms with Gasteiger partial charge in [-0.3, -0.25) is 9.59 Å². The molecule has 12 nitrogen and oxygen atoms in total. The van der Waals surface area contributed by atoms with Gasteiger partial charge in [-0.05, 0) is 45.2 Å². The molecular weight excluding hydrogens is 560 g/mol. The van der Waals surface area contributed by atoms with Gasteiger partial charge in [0.2, 0.25) is 18.2 Å². The molecule has 0 aromatic carbocycles. The van der Waals surface area contributed by atoms with E-state index in [1.54, 1.807) is 25.1 Å². The van der Waals surface area contributed by atoms with Gasteiger partial charge < -0.3 is 40.5 Å². The SMILES string of the molecule is C=C/C(NCC)=C(/C(CC)NC(=C)[C@H](C)OC)N(CC[SH](=O)=O)C(NC(=O)[C@H](C(C)C)N(C)C(=O)[C@H]1CCNC1)OC. The first-order valence-electron chi connectivity index (χ1n) is 14.7. The van der Waals surface area contributed by atoms with Gasteiger partial charge >= 0.3 is 0 Å². The van der Waals surface area contributed by atoms with Crippen LogP contribution in [0.3, 0.4) is 0 Å². The summed E-state index contributed by atoms with van der Waals surface area (Å²) in [6, 6.07) is -1.14. The van der Waals surface area contributed by atoms with E-state index >= 15 is 0 Å². The molecular formula is C29H54N6O6S. The van der Waals surface area contributed by atoms with Crippen molar-refractivity contribution in [3.8, 4) is 0 Å². The molecule has 2 amide bonds. The molecule has 0 bridgehead atoms. The van der Waals surface area contributed by atoms with Crippen molar-refractivity contribution in [3.63, 3.8) is 0 Å². The molecule has 0 spiro atoms. The van der Waals surface area contributed by atoms with E-state index in [0.717, 1.165) is 13.0 Å². The molecule has 1 rings (SSSR count). The van der Waals surface area contributed by atoms with Crippen molar-refractivity contribution in [1.29, 1.82) is 0 Å². The summed E-state index contributed by atoms with van der Waals surface area (Å²) in [5.41, 5.74) is 1.93. The third-order valence-electron chi connectivity index (χ3n) is 7.47. The maximum absolute atomic E-state index is 13.8. The first-order chi connectivity index (χ1) is 19.9. The average molecular weight is 615 g/mol. The number of likely N-dealkylation sites (N-methyl/N-ethyl adjacent to an activating group) is 2. The van der Waals surface area contributed by atoms with Crippen LogP contribution in [0.25, 0.3) is 0 Å². The number of hydrogen-bond acceptors (Lipinski definition) is 10. The normalized spacial score (nSPS) is 18.5. The van der Waals surface area contributed by atoms with E-state index < -0.39 is 29.0 Å². The van der Waals surface area contributed by atoms with Crippen LogP contribution in [0, 0.1) is 11.8 Å². The van der Waals surface area contributed by atoms with Crippen LogP contribution < -0.4 is 21.3 Å². The molecule has 2 unspecified atom stereocenters. The molecule has 42 heavy (non-hydrogen) atoms. The summed E-state index contributed by atoms with van der Waals surface area (Å²) in [6.45, 7) is 19.6. The number of amides is 2. The van der Waals surface area contributed by atoms with Crippen molar-refractivity contribution in [3.05, 3.63) is 36.3 Å². The van der Waals surface area contributed by atoms with E-state index in [2.05, 4.69) is 34.4 Å². The van der Waals surface area contributed by atoms with Gasteiger partial charge in [0.1, 0.15) is 16.7 Å². The number of thiol groups is 1. The summed E-state index contributed by atoms with van der Waals surface area (Å²) in [7, 11) is 1.95. The minimum absolute atomic E-state index is 0.0227. The number of carbonyl (C=O) groups is 2. The second-order valence-corrected chi connectivity index (χ2v) is 11.8. The van der Waals surface area contributed by atoms with Crippen LogP contribution in [0.15, 0.2) is 36.3 Å². The highest BCUT2D eigenvalue weighted by Crippen LogP contribution is 2.23. The first kappa shape index (κ1) is 37.4. The molecule has 4 N–H and O–H groups in total. The fraction of sp³-hybridized carbons (Fsp3) is 0.724. The van der Waals surface area contributed by atoms with Crippen molar-refractivity contribution in [2.24, 2.45) is 11.8 Å². The quantitative estimate of drug-likeness (QED) is 0.0765. The lowest BCUT2D eigenvalue weighted by Crippen LogP contribution is -2.59. The van der Waals surface area contributed by atoms with E-state index in [9.17, 15) is 18.0 Å². The molecule has 242 valence electrons. The summed E-state index contributed by atoms with van der Waals surface area (Å²) in [4.78, 5) is 30.3. The molecule has 0 aromatic heterocycles. The van der Waals surface area contributed by atoms with Crippen LogP contribution >= 0.6 is 0 Å². The third-order valence-corrected chi connectivity index (χ3v) is 8.03. The topological polar surface area (TPSA) is 141 Å². The van der Waals surface area contributed by atoms with Gasteiger partial charge in [0.05, 0.1) is 35.2 Å². The lowest BCUT2D eigenvalue weighted by molar-refractivity contribution is -0.147. The zero-order valence-corrected chi connectivity index (χ0v) is 27.6. The van der Waals surface area contributed by atoms with Crippen LogP contribution in [0.4, 0.5) is 0 Å². The maximum atomic E-state index is 13.8. The minimum Gasteiger partial charge on any atom is -0.384 e. The largest absolute Gasteiger partial charge is 0.384 e. The predicted octanol–water partition coefficient (Wildman–Crippen LogP) is 0.962. The molecule has 5 atom stereocenters. The highest BCUT2D eigenvalue weighted by atomic mass is 32.2. The molecule has 0 radical (unpaired) electrons. The molecule has 1 heterocycles. The average Bonchev–Trinajstić information content (AvgIpc) is 3.50. The van der Waals surface area contributed by atoms with Crippen LogP contribution in [0.5, 0.6) is 0 Å². The Morgan fingerprint density at radius 1 is 1.14 bits per heavy atom. The van der Waals surface area contributed by atoms with E-state index in [1.165, 1.54) is 12.0 Å². The lowest BCUT2D eigenvalue weighted by atomic mass is 9.99. The number of nitrogens with zero attached hydrogens (tertiary/aromatic N) is 2. The molecule has 1 saturated heterocycles. The molecule has 0 aromatic rings. The van der Waals surface area contributed by atoms with Gasteiger partial charge in [-0.1, -0.05) is 33.9 Å². The second kappa shape index (κ2) is 18.8. The summed E-state index contributed by atoms with van der Waals surface area (Å²) in [5, 5.41) is 12.9. The highest BCUT2D eigenvalue weighted by Gasteiger charge is 2.37. The van der Waals surface area contributed by atoms with E-state index in [1.807, 2.05) is 34.6 Å². The van der Waals surface area contributed by atoms with Crippen molar-refractivity contribution >= 4 is 22.5 Å². The van der Waals surface area contributed by atoms with Crippen molar-refractivity contribution < 1.29 is 27.5 Å². The number of hydrogen-bond donors (Lipinski definition) is 5. The Morgan fingerprint density at radius 3 is 2.26 bits per heavy atom. The Balaban J connectivity index is 3.58. The number of methoxy groups -OCH3 is 2. The van der Waals surface area contributed by atoms with E-state index in [-0.39, 0.29) is 42.2 Å². The summed E-state index contributed by atoms with van der Waals surface area (Å²) >= 11 is 0. The first-order valence-corrected chi connectivity index (χ1v) is 16.0. The van der Waals surface area contributed by atoms with Crippen molar-refractivity contribution in [2.45, 2.75) is 72.0 Å². The van der Waals surface area contributed by atoms with E-state index in [0.29, 0.717) is 36.6 Å². The molecule has 13 heteroatoms. The number of nitrogens with one attached hydrogen (secondary N) is 4. The van der Waals surface area contributed by atoms with Gasteiger partial charge in [-0.15, -0.1) is 0 Å². The Labute approximate surface area is 254 Å². The Hall–Kier alpha value is -2.61. The highest BCUT2D eigenvalue weighted by molar-refractivity contribution is 7.72. The van der Waals surface area contributed by atoms with Crippen molar-refractivity contribution in [2.75, 3.05) is 53.2 Å². The van der Waals surface area contributed by atoms with Gasteiger partial charge in [0.25, 0.3) is 0 Å². The Kier molecular flexibility index (Phi) is 16.8. The number of carbonyl (C=O) groups excluding carboxylic acids is 2. The Bertz CT molecular complexity index is 1000. The zero-order valence-electron chi connectivity index (χ0n) is 26.7. The number of allylic oxidation sites excluding steroid dienone is 1. The summed E-state index contributed by atoms with van der Waals surface area (Å²) in [6.07, 6.45) is 1.61.